The van der Waals surface area contributed by atoms with Crippen LogP contribution in [0.4, 0.5) is 0 Å². The van der Waals surface area contributed by atoms with Gasteiger partial charge >= 0.3 is 5.97 Å². The first-order valence-electron chi connectivity index (χ1n) is 5.29. The summed E-state index contributed by atoms with van der Waals surface area (Å²) in [5.74, 6) is -0.905. The lowest BCUT2D eigenvalue weighted by Gasteiger charge is -2.07. The van der Waals surface area contributed by atoms with Crippen LogP contribution in [0.3, 0.4) is 0 Å². The van der Waals surface area contributed by atoms with Gasteiger partial charge in [0.25, 0.3) is 0 Å². The molecular formula is C13H8Cl3NO2. The molecule has 0 aliphatic carbocycles. The van der Waals surface area contributed by atoms with Crippen molar-refractivity contribution in [3.63, 3.8) is 0 Å². The van der Waals surface area contributed by atoms with Gasteiger partial charge in [0.05, 0.1) is 27.2 Å². The van der Waals surface area contributed by atoms with Crippen LogP contribution in [0, 0.1) is 0 Å². The minimum atomic E-state index is -0.905. The van der Waals surface area contributed by atoms with Gasteiger partial charge in [-0.05, 0) is 29.8 Å². The number of aromatic nitrogens is 1. The molecule has 0 saturated carbocycles. The molecule has 6 heteroatoms. The van der Waals surface area contributed by atoms with Crippen molar-refractivity contribution < 1.29 is 9.90 Å². The van der Waals surface area contributed by atoms with Crippen molar-refractivity contribution >= 4 is 40.8 Å². The van der Waals surface area contributed by atoms with Gasteiger partial charge < -0.3 is 5.11 Å². The standard InChI is InChI=1S/C13H8Cl3NO2/c14-9-2-1-8(12(15)13(9)16)10-5-7(3-4-17-10)6-11(18)19/h1-5H,6H2,(H,18,19). The van der Waals surface area contributed by atoms with E-state index in [1.807, 2.05) is 0 Å². The summed E-state index contributed by atoms with van der Waals surface area (Å²) in [6.07, 6.45) is 1.46. The summed E-state index contributed by atoms with van der Waals surface area (Å²) in [6.45, 7) is 0. The Labute approximate surface area is 124 Å². The molecule has 1 aromatic carbocycles. The van der Waals surface area contributed by atoms with Crippen molar-refractivity contribution in [1.29, 1.82) is 0 Å². The molecule has 3 nitrogen and oxygen atoms in total. The predicted molar refractivity (Wildman–Crippen MR) is 76.0 cm³/mol. The number of carboxylic acids is 1. The van der Waals surface area contributed by atoms with Gasteiger partial charge in [0.1, 0.15) is 0 Å². The SMILES string of the molecule is O=C(O)Cc1ccnc(-c2ccc(Cl)c(Cl)c2Cl)c1. The Morgan fingerprint density at radius 3 is 2.58 bits per heavy atom. The average molecular weight is 317 g/mol. The summed E-state index contributed by atoms with van der Waals surface area (Å²) in [4.78, 5) is 14.9. The lowest BCUT2D eigenvalue weighted by atomic mass is 10.1. The van der Waals surface area contributed by atoms with Crippen LogP contribution in [0.5, 0.6) is 0 Å². The summed E-state index contributed by atoms with van der Waals surface area (Å²) in [7, 11) is 0. The smallest absolute Gasteiger partial charge is 0.307 e. The van der Waals surface area contributed by atoms with Crippen molar-refractivity contribution in [3.05, 3.63) is 51.1 Å². The van der Waals surface area contributed by atoms with Crippen LogP contribution < -0.4 is 0 Å². The van der Waals surface area contributed by atoms with Gasteiger partial charge in [-0.1, -0.05) is 34.8 Å². The maximum Gasteiger partial charge on any atom is 0.307 e. The molecule has 19 heavy (non-hydrogen) atoms. The second-order valence-electron chi connectivity index (χ2n) is 3.84. The molecule has 2 aromatic rings. The van der Waals surface area contributed by atoms with E-state index in [1.54, 1.807) is 24.3 Å². The van der Waals surface area contributed by atoms with E-state index in [-0.39, 0.29) is 11.4 Å². The molecule has 0 amide bonds. The lowest BCUT2D eigenvalue weighted by molar-refractivity contribution is -0.136. The summed E-state index contributed by atoms with van der Waals surface area (Å²) >= 11 is 17.9. The fourth-order valence-corrected chi connectivity index (χ4v) is 2.26. The van der Waals surface area contributed by atoms with Crippen molar-refractivity contribution in [2.24, 2.45) is 0 Å². The monoisotopic (exact) mass is 315 g/mol. The maximum atomic E-state index is 10.7. The Hall–Kier alpha value is -1.29. The van der Waals surface area contributed by atoms with E-state index in [9.17, 15) is 4.79 Å². The molecule has 1 heterocycles. The summed E-state index contributed by atoms with van der Waals surface area (Å²) in [5, 5.41) is 9.69. The highest BCUT2D eigenvalue weighted by molar-refractivity contribution is 6.49. The summed E-state index contributed by atoms with van der Waals surface area (Å²) in [6, 6.07) is 6.63. The van der Waals surface area contributed by atoms with Gasteiger partial charge in [-0.25, -0.2) is 0 Å². The number of hydrogen-bond donors (Lipinski definition) is 1. The molecule has 0 atom stereocenters. The molecule has 0 saturated heterocycles. The predicted octanol–water partition coefficient (Wildman–Crippen LogP) is 4.34. The molecule has 0 aliphatic heterocycles. The van der Waals surface area contributed by atoms with E-state index < -0.39 is 5.97 Å². The Bertz CT molecular complexity index is 644. The minimum absolute atomic E-state index is 0.0749. The molecule has 0 fully saturated rings. The van der Waals surface area contributed by atoms with E-state index in [0.29, 0.717) is 26.9 Å². The lowest BCUT2D eigenvalue weighted by Crippen LogP contribution is -2.00. The first-order valence-corrected chi connectivity index (χ1v) is 6.43. The van der Waals surface area contributed by atoms with Gasteiger partial charge in [0.15, 0.2) is 0 Å². The van der Waals surface area contributed by atoms with Gasteiger partial charge in [0.2, 0.25) is 0 Å². The highest BCUT2D eigenvalue weighted by Gasteiger charge is 2.12. The normalized spacial score (nSPS) is 10.5. The highest BCUT2D eigenvalue weighted by Crippen LogP contribution is 2.37. The number of hydrogen-bond acceptors (Lipinski definition) is 2. The minimum Gasteiger partial charge on any atom is -0.481 e. The third-order valence-electron chi connectivity index (χ3n) is 2.49. The number of pyridine rings is 1. The molecule has 0 bridgehead atoms. The topological polar surface area (TPSA) is 50.2 Å². The molecular weight excluding hydrogens is 309 g/mol. The fraction of sp³-hybridized carbons (Fsp3) is 0.0769. The van der Waals surface area contributed by atoms with Crippen LogP contribution in [0.25, 0.3) is 11.3 Å². The third-order valence-corrected chi connectivity index (χ3v) is 3.78. The van der Waals surface area contributed by atoms with Crippen LogP contribution in [0.2, 0.25) is 15.1 Å². The number of nitrogens with zero attached hydrogens (tertiary/aromatic N) is 1. The van der Waals surface area contributed by atoms with E-state index in [4.69, 9.17) is 39.9 Å². The number of rotatable bonds is 3. The number of benzene rings is 1. The largest absolute Gasteiger partial charge is 0.481 e. The number of carboxylic acid groups (broad SMARTS) is 1. The van der Waals surface area contributed by atoms with Gasteiger partial charge in [0, 0.05) is 11.8 Å². The molecule has 1 aromatic heterocycles. The molecule has 0 radical (unpaired) electrons. The first-order chi connectivity index (χ1) is 8.99. The third kappa shape index (κ3) is 3.18. The average Bonchev–Trinajstić information content (AvgIpc) is 2.36. The number of halogens is 3. The van der Waals surface area contributed by atoms with Crippen LogP contribution in [0.15, 0.2) is 30.5 Å². The van der Waals surface area contributed by atoms with Crippen LogP contribution in [-0.2, 0) is 11.2 Å². The van der Waals surface area contributed by atoms with Crippen LogP contribution in [-0.4, -0.2) is 16.1 Å². The number of carbonyl (C=O) groups is 1. The second kappa shape index (κ2) is 5.78. The highest BCUT2D eigenvalue weighted by atomic mass is 35.5. The van der Waals surface area contributed by atoms with Crippen molar-refractivity contribution in [2.75, 3.05) is 0 Å². The van der Waals surface area contributed by atoms with Gasteiger partial charge in [-0.15, -0.1) is 0 Å². The van der Waals surface area contributed by atoms with Crippen molar-refractivity contribution in [1.82, 2.24) is 4.98 Å². The van der Waals surface area contributed by atoms with Crippen LogP contribution in [0.1, 0.15) is 5.56 Å². The van der Waals surface area contributed by atoms with E-state index in [0.717, 1.165) is 0 Å². The van der Waals surface area contributed by atoms with Crippen molar-refractivity contribution in [2.45, 2.75) is 6.42 Å². The number of aliphatic carboxylic acids is 1. The first kappa shape index (κ1) is 14.1. The Balaban J connectivity index is 2.47. The van der Waals surface area contributed by atoms with Gasteiger partial charge in [-0.2, -0.15) is 0 Å². The maximum absolute atomic E-state index is 10.7. The Morgan fingerprint density at radius 1 is 1.16 bits per heavy atom. The van der Waals surface area contributed by atoms with Crippen LogP contribution >= 0.6 is 34.8 Å². The zero-order valence-electron chi connectivity index (χ0n) is 9.53. The fourth-order valence-electron chi connectivity index (χ4n) is 1.63. The van der Waals surface area contributed by atoms with Gasteiger partial charge in [-0.3, -0.25) is 9.78 Å². The molecule has 0 aliphatic rings. The van der Waals surface area contributed by atoms with E-state index >= 15 is 0 Å². The zero-order chi connectivity index (χ0) is 14.0. The van der Waals surface area contributed by atoms with E-state index in [2.05, 4.69) is 4.98 Å². The molecule has 2 rings (SSSR count). The Morgan fingerprint density at radius 2 is 1.89 bits per heavy atom. The summed E-state index contributed by atoms with van der Waals surface area (Å²) < 4.78 is 0. The second-order valence-corrected chi connectivity index (χ2v) is 5.01. The Kier molecular flexibility index (Phi) is 4.30. The van der Waals surface area contributed by atoms with Crippen molar-refractivity contribution in [3.8, 4) is 11.3 Å². The molecule has 1 N–H and O–H groups in total. The zero-order valence-corrected chi connectivity index (χ0v) is 11.8. The molecule has 0 spiro atoms. The van der Waals surface area contributed by atoms with E-state index in [1.165, 1.54) is 6.20 Å². The summed E-state index contributed by atoms with van der Waals surface area (Å²) in [5.41, 5.74) is 1.81. The molecule has 98 valence electrons. The quantitative estimate of drug-likeness (QED) is 0.857. The molecule has 0 unspecified atom stereocenters.